The van der Waals surface area contributed by atoms with E-state index in [0.29, 0.717) is 11.3 Å². The molecule has 0 aliphatic heterocycles. The van der Waals surface area contributed by atoms with Crippen LogP contribution < -0.4 is 0 Å². The van der Waals surface area contributed by atoms with Gasteiger partial charge >= 0.3 is 0 Å². The summed E-state index contributed by atoms with van der Waals surface area (Å²) in [4.78, 5) is 0. The normalized spacial score (nSPS) is 34.8. The van der Waals surface area contributed by atoms with Gasteiger partial charge in [-0.2, -0.15) is 0 Å². The van der Waals surface area contributed by atoms with Crippen LogP contribution in [0.25, 0.3) is 0 Å². The molecule has 1 fully saturated rings. The van der Waals surface area contributed by atoms with Crippen molar-refractivity contribution in [3.63, 3.8) is 0 Å². The third-order valence-electron chi connectivity index (χ3n) is 4.13. The maximum atomic E-state index is 8.90. The van der Waals surface area contributed by atoms with Gasteiger partial charge in [0.1, 0.15) is 0 Å². The van der Waals surface area contributed by atoms with E-state index in [1.165, 1.54) is 0 Å². The van der Waals surface area contributed by atoms with Crippen molar-refractivity contribution < 1.29 is 5.21 Å². The lowest BCUT2D eigenvalue weighted by Gasteiger charge is -2.47. The molecule has 0 saturated heterocycles. The van der Waals surface area contributed by atoms with Crippen LogP contribution in [-0.4, -0.2) is 10.9 Å². The molecule has 1 atom stereocenters. The average Bonchev–Trinajstić information content (AvgIpc) is 2.01. The standard InChI is InChI=1S/C11H21NO/c1-8-10(2,3)7-6-9(12-13)11(8,4)5/h8,13H,6-7H2,1-5H3/b12-9+/t8-/m1/s1. The molecular formula is C11H21NO. The summed E-state index contributed by atoms with van der Waals surface area (Å²) < 4.78 is 0. The van der Waals surface area contributed by atoms with Gasteiger partial charge < -0.3 is 5.21 Å². The fourth-order valence-corrected chi connectivity index (χ4v) is 2.38. The molecule has 1 N–H and O–H groups in total. The predicted molar refractivity (Wildman–Crippen MR) is 55.2 cm³/mol. The predicted octanol–water partition coefficient (Wildman–Crippen LogP) is 3.30. The van der Waals surface area contributed by atoms with Crippen LogP contribution >= 0.6 is 0 Å². The molecule has 2 heteroatoms. The van der Waals surface area contributed by atoms with E-state index in [-0.39, 0.29) is 5.41 Å². The maximum absolute atomic E-state index is 8.90. The highest BCUT2D eigenvalue weighted by molar-refractivity contribution is 5.90. The average molecular weight is 183 g/mol. The van der Waals surface area contributed by atoms with Gasteiger partial charge in [-0.15, -0.1) is 0 Å². The van der Waals surface area contributed by atoms with Crippen molar-refractivity contribution in [1.82, 2.24) is 0 Å². The minimum absolute atomic E-state index is 0.0382. The first-order chi connectivity index (χ1) is 5.82. The van der Waals surface area contributed by atoms with Crippen molar-refractivity contribution in [2.45, 2.75) is 47.5 Å². The minimum atomic E-state index is 0.0382. The summed E-state index contributed by atoms with van der Waals surface area (Å²) in [6, 6.07) is 0. The molecule has 2 nitrogen and oxygen atoms in total. The van der Waals surface area contributed by atoms with Gasteiger partial charge in [0, 0.05) is 5.41 Å². The van der Waals surface area contributed by atoms with Gasteiger partial charge in [0.05, 0.1) is 5.71 Å². The third kappa shape index (κ3) is 1.59. The summed E-state index contributed by atoms with van der Waals surface area (Å²) in [5.74, 6) is 0.555. The molecule has 0 aromatic carbocycles. The summed E-state index contributed by atoms with van der Waals surface area (Å²) in [6.07, 6.45) is 2.05. The molecule has 0 aromatic rings. The Morgan fingerprint density at radius 3 is 2.31 bits per heavy atom. The Morgan fingerprint density at radius 2 is 1.85 bits per heavy atom. The fraction of sp³-hybridized carbons (Fsp3) is 0.909. The Kier molecular flexibility index (Phi) is 2.44. The first-order valence-corrected chi connectivity index (χ1v) is 5.04. The number of nitrogens with zero attached hydrogens (tertiary/aromatic N) is 1. The Labute approximate surface area is 81.0 Å². The summed E-state index contributed by atoms with van der Waals surface area (Å²) >= 11 is 0. The van der Waals surface area contributed by atoms with E-state index >= 15 is 0 Å². The van der Waals surface area contributed by atoms with Gasteiger partial charge in [-0.05, 0) is 24.2 Å². The second-order valence-electron chi connectivity index (χ2n) is 5.48. The van der Waals surface area contributed by atoms with Crippen LogP contribution in [0.1, 0.15) is 47.5 Å². The summed E-state index contributed by atoms with van der Waals surface area (Å²) in [7, 11) is 0. The fourth-order valence-electron chi connectivity index (χ4n) is 2.38. The van der Waals surface area contributed by atoms with Crippen molar-refractivity contribution in [2.75, 3.05) is 0 Å². The molecule has 1 rings (SSSR count). The topological polar surface area (TPSA) is 32.6 Å². The lowest BCUT2D eigenvalue weighted by molar-refractivity contribution is 0.103. The third-order valence-corrected chi connectivity index (χ3v) is 4.13. The zero-order valence-corrected chi connectivity index (χ0v) is 9.39. The molecule has 1 aliphatic carbocycles. The Morgan fingerprint density at radius 1 is 1.31 bits per heavy atom. The highest BCUT2D eigenvalue weighted by Crippen LogP contribution is 2.48. The number of hydrogen-bond donors (Lipinski definition) is 1. The SMILES string of the molecule is C[C@@H]1C(C)(C)CC/C(=N\O)C1(C)C. The Balaban J connectivity index is 2.99. The van der Waals surface area contributed by atoms with Gasteiger partial charge in [0.25, 0.3) is 0 Å². The zero-order chi connectivity index (χ0) is 10.3. The summed E-state index contributed by atoms with van der Waals surface area (Å²) in [5, 5.41) is 12.3. The highest BCUT2D eigenvalue weighted by atomic mass is 16.4. The molecule has 0 bridgehead atoms. The van der Waals surface area contributed by atoms with Crippen molar-refractivity contribution in [2.24, 2.45) is 21.9 Å². The molecule has 13 heavy (non-hydrogen) atoms. The van der Waals surface area contributed by atoms with Crippen LogP contribution in [0.5, 0.6) is 0 Å². The van der Waals surface area contributed by atoms with E-state index in [4.69, 9.17) is 5.21 Å². The van der Waals surface area contributed by atoms with Gasteiger partial charge in [0.15, 0.2) is 0 Å². The Hall–Kier alpha value is -0.530. The van der Waals surface area contributed by atoms with Crippen molar-refractivity contribution in [3.05, 3.63) is 0 Å². The summed E-state index contributed by atoms with van der Waals surface area (Å²) in [6.45, 7) is 11.2. The first-order valence-electron chi connectivity index (χ1n) is 5.04. The summed E-state index contributed by atoms with van der Waals surface area (Å²) in [5.41, 5.74) is 1.35. The van der Waals surface area contributed by atoms with Crippen LogP contribution in [0.15, 0.2) is 5.16 Å². The lowest BCUT2D eigenvalue weighted by Crippen LogP contribution is -2.44. The largest absolute Gasteiger partial charge is 0.411 e. The molecule has 0 unspecified atom stereocenters. The number of oxime groups is 1. The Bertz CT molecular complexity index is 228. The van der Waals surface area contributed by atoms with E-state index in [0.717, 1.165) is 18.6 Å². The van der Waals surface area contributed by atoms with Crippen LogP contribution in [0.4, 0.5) is 0 Å². The van der Waals surface area contributed by atoms with Crippen LogP contribution in [0, 0.1) is 16.7 Å². The molecule has 1 saturated carbocycles. The molecular weight excluding hydrogens is 162 g/mol. The van der Waals surface area contributed by atoms with Crippen LogP contribution in [0.2, 0.25) is 0 Å². The van der Waals surface area contributed by atoms with Gasteiger partial charge in [-0.3, -0.25) is 0 Å². The second-order valence-corrected chi connectivity index (χ2v) is 5.48. The van der Waals surface area contributed by atoms with E-state index in [2.05, 4.69) is 39.8 Å². The van der Waals surface area contributed by atoms with Gasteiger partial charge in [0.2, 0.25) is 0 Å². The number of rotatable bonds is 0. The second kappa shape index (κ2) is 3.00. The molecule has 0 aromatic heterocycles. The lowest BCUT2D eigenvalue weighted by atomic mass is 9.57. The maximum Gasteiger partial charge on any atom is 0.0629 e. The first kappa shape index (κ1) is 10.6. The molecule has 0 amide bonds. The minimum Gasteiger partial charge on any atom is -0.411 e. The van der Waals surface area contributed by atoms with Crippen LogP contribution in [-0.2, 0) is 0 Å². The molecule has 0 spiro atoms. The molecule has 76 valence electrons. The number of hydrogen-bond acceptors (Lipinski definition) is 2. The smallest absolute Gasteiger partial charge is 0.0629 e. The van der Waals surface area contributed by atoms with Gasteiger partial charge in [-0.25, -0.2) is 0 Å². The van der Waals surface area contributed by atoms with E-state index in [1.807, 2.05) is 0 Å². The van der Waals surface area contributed by atoms with Crippen molar-refractivity contribution in [1.29, 1.82) is 0 Å². The van der Waals surface area contributed by atoms with E-state index in [1.54, 1.807) is 0 Å². The molecule has 1 aliphatic rings. The molecule has 0 heterocycles. The highest BCUT2D eigenvalue weighted by Gasteiger charge is 2.44. The van der Waals surface area contributed by atoms with Crippen molar-refractivity contribution in [3.8, 4) is 0 Å². The van der Waals surface area contributed by atoms with Crippen molar-refractivity contribution >= 4 is 5.71 Å². The van der Waals surface area contributed by atoms with E-state index < -0.39 is 0 Å². The quantitative estimate of drug-likeness (QED) is 0.453. The zero-order valence-electron chi connectivity index (χ0n) is 9.39. The van der Waals surface area contributed by atoms with Crippen LogP contribution in [0.3, 0.4) is 0 Å². The molecule has 0 radical (unpaired) electrons. The van der Waals surface area contributed by atoms with E-state index in [9.17, 15) is 0 Å². The van der Waals surface area contributed by atoms with Gasteiger partial charge in [-0.1, -0.05) is 39.8 Å². The monoisotopic (exact) mass is 183 g/mol.